The summed E-state index contributed by atoms with van der Waals surface area (Å²) >= 11 is 0. The lowest BCUT2D eigenvalue weighted by molar-refractivity contribution is 0.566. The maximum absolute atomic E-state index is 13.4. The quantitative estimate of drug-likeness (QED) is 0.805. The second-order valence-electron chi connectivity index (χ2n) is 5.49. The molecular weight excluding hydrogens is 269 g/mol. The Kier molecular flexibility index (Phi) is 3.25. The van der Waals surface area contributed by atoms with Gasteiger partial charge in [0.15, 0.2) is 0 Å². The number of aryl methyl sites for hydroxylation is 1. The van der Waals surface area contributed by atoms with Crippen LogP contribution < -0.4 is 5.73 Å². The van der Waals surface area contributed by atoms with Crippen molar-refractivity contribution in [3.05, 3.63) is 47.8 Å². The number of fused-ring (bicyclic) bond motifs is 1. The van der Waals surface area contributed by atoms with Crippen molar-refractivity contribution in [1.82, 2.24) is 19.3 Å². The molecule has 0 radical (unpaired) electrons. The summed E-state index contributed by atoms with van der Waals surface area (Å²) in [6.07, 6.45) is 3.60. The first kappa shape index (κ1) is 13.8. The normalized spacial score (nSPS) is 13.2. The first-order valence-corrected chi connectivity index (χ1v) is 6.89. The molecule has 0 saturated carbocycles. The van der Waals surface area contributed by atoms with E-state index >= 15 is 0 Å². The number of benzene rings is 1. The third-order valence-electron chi connectivity index (χ3n) is 3.56. The Balaban J connectivity index is 2.19. The van der Waals surface area contributed by atoms with Crippen LogP contribution in [0.1, 0.15) is 37.3 Å². The SMILES string of the molecule is CC(C)n1c(C(N)c2cnn(C)c2)nc2cc(F)ccc21. The molecule has 110 valence electrons. The number of hydrogen-bond donors (Lipinski definition) is 1. The molecule has 0 bridgehead atoms. The molecule has 0 aliphatic carbocycles. The van der Waals surface area contributed by atoms with Crippen molar-refractivity contribution >= 4 is 11.0 Å². The molecule has 2 heterocycles. The van der Waals surface area contributed by atoms with E-state index in [1.165, 1.54) is 12.1 Å². The molecule has 0 aliphatic heterocycles. The fourth-order valence-electron chi connectivity index (χ4n) is 2.60. The van der Waals surface area contributed by atoms with E-state index in [2.05, 4.69) is 23.9 Å². The van der Waals surface area contributed by atoms with Crippen molar-refractivity contribution in [1.29, 1.82) is 0 Å². The first-order chi connectivity index (χ1) is 9.97. The van der Waals surface area contributed by atoms with E-state index in [9.17, 15) is 4.39 Å². The summed E-state index contributed by atoms with van der Waals surface area (Å²) in [5.74, 6) is 0.427. The summed E-state index contributed by atoms with van der Waals surface area (Å²) in [5.41, 5.74) is 8.74. The number of hydrogen-bond acceptors (Lipinski definition) is 3. The van der Waals surface area contributed by atoms with Crippen LogP contribution in [0.2, 0.25) is 0 Å². The molecule has 3 rings (SSSR count). The minimum Gasteiger partial charge on any atom is -0.324 e. The molecule has 6 heteroatoms. The highest BCUT2D eigenvalue weighted by Gasteiger charge is 2.21. The Morgan fingerprint density at radius 3 is 2.67 bits per heavy atom. The number of halogens is 1. The Morgan fingerprint density at radius 1 is 1.29 bits per heavy atom. The molecular formula is C15H18FN5. The van der Waals surface area contributed by atoms with Gasteiger partial charge in [-0.1, -0.05) is 0 Å². The van der Waals surface area contributed by atoms with Crippen molar-refractivity contribution in [2.24, 2.45) is 12.8 Å². The van der Waals surface area contributed by atoms with E-state index in [0.29, 0.717) is 5.52 Å². The van der Waals surface area contributed by atoms with Crippen molar-refractivity contribution in [3.63, 3.8) is 0 Å². The zero-order chi connectivity index (χ0) is 15.1. The average molecular weight is 287 g/mol. The molecule has 0 aliphatic rings. The van der Waals surface area contributed by atoms with Crippen LogP contribution in [0.5, 0.6) is 0 Å². The van der Waals surface area contributed by atoms with Gasteiger partial charge in [-0.25, -0.2) is 9.37 Å². The molecule has 0 spiro atoms. The number of imidazole rings is 1. The van der Waals surface area contributed by atoms with Crippen LogP contribution in [0, 0.1) is 5.82 Å². The maximum atomic E-state index is 13.4. The lowest BCUT2D eigenvalue weighted by atomic mass is 10.1. The smallest absolute Gasteiger partial charge is 0.131 e. The lowest BCUT2D eigenvalue weighted by Gasteiger charge is -2.16. The summed E-state index contributed by atoms with van der Waals surface area (Å²) in [6.45, 7) is 4.12. The minimum atomic E-state index is -0.392. The largest absolute Gasteiger partial charge is 0.324 e. The fraction of sp³-hybridized carbons (Fsp3) is 0.333. The lowest BCUT2D eigenvalue weighted by Crippen LogP contribution is -2.18. The second kappa shape index (κ2) is 4.96. The van der Waals surface area contributed by atoms with E-state index in [1.807, 2.05) is 17.8 Å². The molecule has 1 atom stereocenters. The molecule has 2 N–H and O–H groups in total. The second-order valence-corrected chi connectivity index (χ2v) is 5.49. The summed E-state index contributed by atoms with van der Waals surface area (Å²) in [7, 11) is 1.84. The first-order valence-electron chi connectivity index (χ1n) is 6.89. The third-order valence-corrected chi connectivity index (χ3v) is 3.56. The number of aromatic nitrogens is 4. The topological polar surface area (TPSA) is 61.7 Å². The fourth-order valence-corrected chi connectivity index (χ4v) is 2.60. The van der Waals surface area contributed by atoms with Crippen molar-refractivity contribution in [3.8, 4) is 0 Å². The maximum Gasteiger partial charge on any atom is 0.131 e. The predicted molar refractivity (Wildman–Crippen MR) is 79.3 cm³/mol. The molecule has 0 saturated heterocycles. The Bertz CT molecular complexity index is 787. The van der Waals surface area contributed by atoms with E-state index < -0.39 is 6.04 Å². The standard InChI is InChI=1S/C15H18FN5/c1-9(2)21-13-5-4-11(16)6-12(13)19-15(21)14(17)10-7-18-20(3)8-10/h4-9,14H,17H2,1-3H3. The summed E-state index contributed by atoms with van der Waals surface area (Å²) in [6, 6.07) is 4.42. The summed E-state index contributed by atoms with van der Waals surface area (Å²) in [5, 5.41) is 4.15. The Labute approximate surface area is 122 Å². The van der Waals surface area contributed by atoms with Crippen LogP contribution in [0.25, 0.3) is 11.0 Å². The average Bonchev–Trinajstić information content (AvgIpc) is 3.00. The van der Waals surface area contributed by atoms with Crippen LogP contribution in [0.3, 0.4) is 0 Å². The van der Waals surface area contributed by atoms with Gasteiger partial charge in [0, 0.05) is 30.9 Å². The zero-order valence-corrected chi connectivity index (χ0v) is 12.3. The van der Waals surface area contributed by atoms with Crippen LogP contribution in [0.4, 0.5) is 4.39 Å². The van der Waals surface area contributed by atoms with Crippen LogP contribution in [-0.2, 0) is 7.05 Å². The van der Waals surface area contributed by atoms with Gasteiger partial charge in [0.25, 0.3) is 0 Å². The van der Waals surface area contributed by atoms with Gasteiger partial charge in [-0.3, -0.25) is 4.68 Å². The van der Waals surface area contributed by atoms with Gasteiger partial charge in [-0.15, -0.1) is 0 Å². The highest BCUT2D eigenvalue weighted by molar-refractivity contribution is 5.76. The monoisotopic (exact) mass is 287 g/mol. The molecule has 1 aromatic carbocycles. The van der Waals surface area contributed by atoms with E-state index in [4.69, 9.17) is 5.73 Å². The molecule has 21 heavy (non-hydrogen) atoms. The highest BCUT2D eigenvalue weighted by atomic mass is 19.1. The number of nitrogens with two attached hydrogens (primary N) is 1. The van der Waals surface area contributed by atoms with Gasteiger partial charge < -0.3 is 10.3 Å². The van der Waals surface area contributed by atoms with E-state index in [1.54, 1.807) is 16.9 Å². The Hall–Kier alpha value is -2.21. The van der Waals surface area contributed by atoms with Crippen LogP contribution >= 0.6 is 0 Å². The predicted octanol–water partition coefficient (Wildman–Crippen LogP) is 2.54. The van der Waals surface area contributed by atoms with Gasteiger partial charge >= 0.3 is 0 Å². The van der Waals surface area contributed by atoms with Gasteiger partial charge in [0.1, 0.15) is 11.6 Å². The zero-order valence-electron chi connectivity index (χ0n) is 12.3. The number of rotatable bonds is 3. The van der Waals surface area contributed by atoms with Gasteiger partial charge in [-0.2, -0.15) is 5.10 Å². The van der Waals surface area contributed by atoms with E-state index in [-0.39, 0.29) is 11.9 Å². The van der Waals surface area contributed by atoms with Crippen molar-refractivity contribution in [2.45, 2.75) is 25.9 Å². The van der Waals surface area contributed by atoms with E-state index in [0.717, 1.165) is 16.9 Å². The van der Waals surface area contributed by atoms with Crippen molar-refractivity contribution in [2.75, 3.05) is 0 Å². The van der Waals surface area contributed by atoms with Gasteiger partial charge in [0.2, 0.25) is 0 Å². The molecule has 0 amide bonds. The van der Waals surface area contributed by atoms with Crippen molar-refractivity contribution < 1.29 is 4.39 Å². The van der Waals surface area contributed by atoms with Gasteiger partial charge in [-0.05, 0) is 26.0 Å². The Morgan fingerprint density at radius 2 is 2.05 bits per heavy atom. The molecule has 3 aromatic rings. The van der Waals surface area contributed by atoms with Gasteiger partial charge in [0.05, 0.1) is 23.3 Å². The molecule has 1 unspecified atom stereocenters. The third kappa shape index (κ3) is 2.31. The molecule has 5 nitrogen and oxygen atoms in total. The van der Waals surface area contributed by atoms with Crippen LogP contribution in [-0.4, -0.2) is 19.3 Å². The molecule has 0 fully saturated rings. The summed E-state index contributed by atoms with van der Waals surface area (Å²) in [4.78, 5) is 4.54. The number of nitrogens with zero attached hydrogens (tertiary/aromatic N) is 4. The minimum absolute atomic E-state index is 0.179. The van der Waals surface area contributed by atoms with Crippen LogP contribution in [0.15, 0.2) is 30.6 Å². The highest BCUT2D eigenvalue weighted by Crippen LogP contribution is 2.27. The molecule has 2 aromatic heterocycles. The summed E-state index contributed by atoms with van der Waals surface area (Å²) < 4.78 is 17.2.